The summed E-state index contributed by atoms with van der Waals surface area (Å²) in [6.45, 7) is 5.94. The highest BCUT2D eigenvalue weighted by Crippen LogP contribution is 2.29. The van der Waals surface area contributed by atoms with Crippen LogP contribution in [0.1, 0.15) is 54.8 Å². The molecule has 1 N–H and O–H groups in total. The van der Waals surface area contributed by atoms with Crippen LogP contribution in [0.15, 0.2) is 42.9 Å². The van der Waals surface area contributed by atoms with Gasteiger partial charge in [-0.05, 0) is 50.3 Å². The maximum Gasteiger partial charge on any atom is 0.253 e. The predicted molar refractivity (Wildman–Crippen MR) is 98.8 cm³/mol. The van der Waals surface area contributed by atoms with Gasteiger partial charge in [0.2, 0.25) is 0 Å². The van der Waals surface area contributed by atoms with E-state index in [2.05, 4.69) is 34.6 Å². The zero-order valence-corrected chi connectivity index (χ0v) is 14.8. The molecule has 5 nitrogen and oxygen atoms in total. The fraction of sp³-hybridized carbons (Fsp3) is 0.400. The summed E-state index contributed by atoms with van der Waals surface area (Å²) in [7, 11) is 0. The molecule has 5 heteroatoms. The second-order valence-corrected chi connectivity index (χ2v) is 7.13. The largest absolute Gasteiger partial charge is 0.361 e. The summed E-state index contributed by atoms with van der Waals surface area (Å²) in [4.78, 5) is 22.6. The highest BCUT2D eigenvalue weighted by molar-refractivity contribution is 5.98. The van der Waals surface area contributed by atoms with Crippen LogP contribution in [-0.2, 0) is 0 Å². The number of nitrogens with zero attached hydrogens (tertiary/aromatic N) is 3. The molecule has 3 aromatic rings. The summed E-state index contributed by atoms with van der Waals surface area (Å²) in [6.07, 6.45) is 7.79. The lowest BCUT2D eigenvalue weighted by Gasteiger charge is -2.32. The van der Waals surface area contributed by atoms with Crippen LogP contribution in [0.2, 0.25) is 0 Å². The third-order valence-electron chi connectivity index (χ3n) is 5.20. The summed E-state index contributed by atoms with van der Waals surface area (Å²) in [5.41, 5.74) is 1.77. The molecule has 1 amide bonds. The van der Waals surface area contributed by atoms with Gasteiger partial charge in [0.25, 0.3) is 5.91 Å². The standard InChI is InChI=1S/C20H24N4O/c1-14(2)24-12-9-22-19(24)16-6-10-23(11-7-16)20(25)17-4-3-15-5-8-21-18(15)13-17/h3-5,8-9,12-14,16,21H,6-7,10-11H2,1-2H3. The van der Waals surface area contributed by atoms with Gasteiger partial charge in [-0.1, -0.05) is 6.07 Å². The van der Waals surface area contributed by atoms with E-state index in [0.29, 0.717) is 12.0 Å². The number of carbonyl (C=O) groups excluding carboxylic acids is 1. The Hall–Kier alpha value is -2.56. The van der Waals surface area contributed by atoms with E-state index >= 15 is 0 Å². The third kappa shape index (κ3) is 2.95. The van der Waals surface area contributed by atoms with Gasteiger partial charge in [0.1, 0.15) is 5.82 Å². The van der Waals surface area contributed by atoms with Crippen molar-refractivity contribution in [2.24, 2.45) is 0 Å². The summed E-state index contributed by atoms with van der Waals surface area (Å²) in [5, 5.41) is 1.13. The summed E-state index contributed by atoms with van der Waals surface area (Å²) >= 11 is 0. The molecule has 1 saturated heterocycles. The van der Waals surface area contributed by atoms with Gasteiger partial charge < -0.3 is 14.5 Å². The summed E-state index contributed by atoms with van der Waals surface area (Å²) in [6, 6.07) is 8.33. The Balaban J connectivity index is 1.46. The number of piperidine rings is 1. The first-order valence-corrected chi connectivity index (χ1v) is 9.02. The Morgan fingerprint density at radius 2 is 2.04 bits per heavy atom. The van der Waals surface area contributed by atoms with Crippen molar-refractivity contribution < 1.29 is 4.79 Å². The molecule has 130 valence electrons. The fourth-order valence-corrected chi connectivity index (χ4v) is 3.78. The number of aromatic nitrogens is 3. The number of fused-ring (bicyclic) bond motifs is 1. The Bertz CT molecular complexity index is 884. The predicted octanol–water partition coefficient (Wildman–Crippen LogP) is 3.97. The van der Waals surface area contributed by atoms with Gasteiger partial charge in [0.05, 0.1) is 0 Å². The number of benzene rings is 1. The van der Waals surface area contributed by atoms with Gasteiger partial charge in [0, 0.05) is 54.7 Å². The van der Waals surface area contributed by atoms with Gasteiger partial charge in [-0.15, -0.1) is 0 Å². The van der Waals surface area contributed by atoms with Crippen molar-refractivity contribution in [3.05, 3.63) is 54.2 Å². The molecule has 1 aromatic carbocycles. The number of likely N-dealkylation sites (tertiary alicyclic amines) is 1. The normalized spacial score (nSPS) is 16.0. The molecule has 2 aromatic heterocycles. The first kappa shape index (κ1) is 15.9. The number of aromatic amines is 1. The lowest BCUT2D eigenvalue weighted by Crippen LogP contribution is -2.38. The van der Waals surface area contributed by atoms with Crippen molar-refractivity contribution in [2.45, 2.75) is 38.6 Å². The first-order chi connectivity index (χ1) is 12.1. The highest BCUT2D eigenvalue weighted by atomic mass is 16.2. The van der Waals surface area contributed by atoms with Crippen molar-refractivity contribution >= 4 is 16.8 Å². The van der Waals surface area contributed by atoms with Crippen LogP contribution in [0.4, 0.5) is 0 Å². The van der Waals surface area contributed by atoms with Gasteiger partial charge in [0.15, 0.2) is 0 Å². The Kier molecular flexibility index (Phi) is 4.07. The zero-order valence-electron chi connectivity index (χ0n) is 14.8. The molecule has 1 fully saturated rings. The van der Waals surface area contributed by atoms with Crippen molar-refractivity contribution in [3.8, 4) is 0 Å². The molecule has 0 saturated carbocycles. The minimum atomic E-state index is 0.127. The van der Waals surface area contributed by atoms with E-state index in [1.54, 1.807) is 0 Å². The minimum absolute atomic E-state index is 0.127. The van der Waals surface area contributed by atoms with Crippen LogP contribution in [0, 0.1) is 0 Å². The molecule has 4 rings (SSSR count). The van der Waals surface area contributed by atoms with Crippen molar-refractivity contribution in [3.63, 3.8) is 0 Å². The Labute approximate surface area is 147 Å². The van der Waals surface area contributed by atoms with Crippen LogP contribution < -0.4 is 0 Å². The molecule has 0 aliphatic carbocycles. The second kappa shape index (κ2) is 6.39. The van der Waals surface area contributed by atoms with Crippen LogP contribution in [0.5, 0.6) is 0 Å². The van der Waals surface area contributed by atoms with E-state index in [1.165, 1.54) is 0 Å². The molecular formula is C20H24N4O. The Morgan fingerprint density at radius 1 is 1.24 bits per heavy atom. The maximum absolute atomic E-state index is 12.8. The maximum atomic E-state index is 12.8. The van der Waals surface area contributed by atoms with E-state index in [0.717, 1.165) is 48.2 Å². The summed E-state index contributed by atoms with van der Waals surface area (Å²) < 4.78 is 2.25. The number of H-pyrrole nitrogens is 1. The topological polar surface area (TPSA) is 53.9 Å². The second-order valence-electron chi connectivity index (χ2n) is 7.13. The number of hydrogen-bond acceptors (Lipinski definition) is 2. The molecule has 0 atom stereocenters. The van der Waals surface area contributed by atoms with Crippen molar-refractivity contribution in [1.29, 1.82) is 0 Å². The number of amides is 1. The molecule has 0 spiro atoms. The Morgan fingerprint density at radius 3 is 2.80 bits per heavy atom. The van der Waals surface area contributed by atoms with Crippen molar-refractivity contribution in [1.82, 2.24) is 19.4 Å². The van der Waals surface area contributed by atoms with Crippen LogP contribution in [0.3, 0.4) is 0 Å². The average molecular weight is 336 g/mol. The molecule has 1 aliphatic heterocycles. The first-order valence-electron chi connectivity index (χ1n) is 9.02. The quantitative estimate of drug-likeness (QED) is 0.787. The molecule has 3 heterocycles. The van der Waals surface area contributed by atoms with Crippen LogP contribution in [0.25, 0.3) is 10.9 Å². The number of carbonyl (C=O) groups is 1. The molecule has 0 bridgehead atoms. The van der Waals surface area contributed by atoms with Gasteiger partial charge >= 0.3 is 0 Å². The lowest BCUT2D eigenvalue weighted by molar-refractivity contribution is 0.0710. The van der Waals surface area contributed by atoms with E-state index in [1.807, 2.05) is 41.6 Å². The van der Waals surface area contributed by atoms with E-state index < -0.39 is 0 Å². The molecular weight excluding hydrogens is 312 g/mol. The smallest absolute Gasteiger partial charge is 0.253 e. The van der Waals surface area contributed by atoms with Crippen molar-refractivity contribution in [2.75, 3.05) is 13.1 Å². The number of hydrogen-bond donors (Lipinski definition) is 1. The summed E-state index contributed by atoms with van der Waals surface area (Å²) in [5.74, 6) is 1.73. The monoisotopic (exact) mass is 336 g/mol. The average Bonchev–Trinajstić information content (AvgIpc) is 3.29. The molecule has 25 heavy (non-hydrogen) atoms. The minimum Gasteiger partial charge on any atom is -0.361 e. The molecule has 1 aliphatic rings. The van der Waals surface area contributed by atoms with E-state index in [4.69, 9.17) is 0 Å². The SMILES string of the molecule is CC(C)n1ccnc1C1CCN(C(=O)c2ccc3cc[nH]c3c2)CC1. The van der Waals surface area contributed by atoms with Gasteiger partial charge in [-0.3, -0.25) is 4.79 Å². The highest BCUT2D eigenvalue weighted by Gasteiger charge is 2.27. The van der Waals surface area contributed by atoms with E-state index in [-0.39, 0.29) is 5.91 Å². The molecule has 0 radical (unpaired) electrons. The number of nitrogens with one attached hydrogen (secondary N) is 1. The fourth-order valence-electron chi connectivity index (χ4n) is 3.78. The third-order valence-corrected chi connectivity index (χ3v) is 5.20. The zero-order chi connectivity index (χ0) is 17.4. The van der Waals surface area contributed by atoms with E-state index in [9.17, 15) is 4.79 Å². The number of rotatable bonds is 3. The van der Waals surface area contributed by atoms with Gasteiger partial charge in [-0.25, -0.2) is 4.98 Å². The lowest BCUT2D eigenvalue weighted by atomic mass is 9.95. The van der Waals surface area contributed by atoms with Crippen LogP contribution >= 0.6 is 0 Å². The van der Waals surface area contributed by atoms with Crippen LogP contribution in [-0.4, -0.2) is 38.4 Å². The van der Waals surface area contributed by atoms with Gasteiger partial charge in [-0.2, -0.15) is 0 Å². The number of imidazole rings is 1. The molecule has 0 unspecified atom stereocenters.